The molecule has 6 heteroatoms. The monoisotopic (exact) mass is 388 g/mol. The zero-order valence-electron chi connectivity index (χ0n) is 17.0. The molecule has 150 valence electrons. The van der Waals surface area contributed by atoms with E-state index in [1.807, 2.05) is 48.4 Å². The quantitative estimate of drug-likeness (QED) is 0.724. The summed E-state index contributed by atoms with van der Waals surface area (Å²) in [7, 11) is 0. The molecule has 2 heterocycles. The highest BCUT2D eigenvalue weighted by molar-refractivity contribution is 5.43. The van der Waals surface area contributed by atoms with Crippen LogP contribution in [0.2, 0.25) is 0 Å². The van der Waals surface area contributed by atoms with E-state index in [1.54, 1.807) is 0 Å². The van der Waals surface area contributed by atoms with Crippen LogP contribution in [-0.4, -0.2) is 54.1 Å². The van der Waals surface area contributed by atoms with Gasteiger partial charge in [0.2, 0.25) is 0 Å². The summed E-state index contributed by atoms with van der Waals surface area (Å²) in [5, 5.41) is 12.8. The molecule has 2 aliphatic rings. The van der Waals surface area contributed by atoms with Crippen molar-refractivity contribution < 1.29 is 0 Å². The lowest BCUT2D eigenvalue weighted by atomic mass is 10.1. The second-order valence-electron chi connectivity index (χ2n) is 7.10. The van der Waals surface area contributed by atoms with Crippen LogP contribution in [0.3, 0.4) is 0 Å². The summed E-state index contributed by atoms with van der Waals surface area (Å²) in [5.74, 6) is 6.16. The van der Waals surface area contributed by atoms with Gasteiger partial charge in [-0.2, -0.15) is 5.26 Å². The minimum absolute atomic E-state index is 0.566. The summed E-state index contributed by atoms with van der Waals surface area (Å²) < 4.78 is 0. The number of nitrogens with two attached hydrogens (primary N) is 1. The second kappa shape index (κ2) is 9.84. The Morgan fingerprint density at radius 1 is 1.28 bits per heavy atom. The molecule has 1 aromatic rings. The predicted octanol–water partition coefficient (Wildman–Crippen LogP) is 1.76. The standard InChI is InChI=1S/C23H28N6/c1-3-4-12-29(18-27-14-10-26-11-15-27)23-19(2)28(13-9-22(23)25)17-21-8-6-5-7-20(21)16-24/h5-9,13,26H,2,10-12,14-15,17-18,25H2,1H3. The van der Waals surface area contributed by atoms with E-state index in [4.69, 9.17) is 5.73 Å². The van der Waals surface area contributed by atoms with Crippen molar-refractivity contribution in [2.75, 3.05) is 39.4 Å². The molecule has 0 radical (unpaired) electrons. The van der Waals surface area contributed by atoms with Gasteiger partial charge in [-0.1, -0.05) is 30.7 Å². The molecule has 0 amide bonds. The molecule has 1 fully saturated rings. The van der Waals surface area contributed by atoms with Gasteiger partial charge in [0.25, 0.3) is 0 Å². The van der Waals surface area contributed by atoms with Gasteiger partial charge >= 0.3 is 0 Å². The molecule has 1 saturated heterocycles. The van der Waals surface area contributed by atoms with E-state index in [0.717, 1.165) is 49.8 Å². The van der Waals surface area contributed by atoms with Gasteiger partial charge in [-0.25, -0.2) is 0 Å². The fourth-order valence-corrected chi connectivity index (χ4v) is 3.57. The summed E-state index contributed by atoms with van der Waals surface area (Å²) in [5.41, 5.74) is 10.4. The fourth-order valence-electron chi connectivity index (χ4n) is 3.57. The van der Waals surface area contributed by atoms with E-state index in [0.29, 0.717) is 24.4 Å². The minimum Gasteiger partial charge on any atom is -0.397 e. The van der Waals surface area contributed by atoms with Gasteiger partial charge in [0, 0.05) is 38.9 Å². The number of allylic oxidation sites excluding steroid dienone is 1. The molecule has 6 nitrogen and oxygen atoms in total. The van der Waals surface area contributed by atoms with Gasteiger partial charge in [-0.05, 0) is 24.6 Å². The van der Waals surface area contributed by atoms with Crippen molar-refractivity contribution in [1.82, 2.24) is 20.0 Å². The Kier molecular flexibility index (Phi) is 6.97. The SMILES string of the molecule is C=C1C(N(CC#CC)CN2CCNCC2)=C(N)C=CN1Cc1ccccc1C#N. The van der Waals surface area contributed by atoms with Crippen molar-refractivity contribution >= 4 is 0 Å². The fraction of sp³-hybridized carbons (Fsp3) is 0.348. The first-order valence-corrected chi connectivity index (χ1v) is 9.83. The highest BCUT2D eigenvalue weighted by atomic mass is 15.3. The Hall–Kier alpha value is -3.19. The number of nitrogens with zero attached hydrogens (tertiary/aromatic N) is 4. The molecule has 0 aliphatic carbocycles. The van der Waals surface area contributed by atoms with Crippen molar-refractivity contribution in [3.8, 4) is 17.9 Å². The van der Waals surface area contributed by atoms with Crippen LogP contribution in [0.5, 0.6) is 0 Å². The molecule has 2 aliphatic heterocycles. The van der Waals surface area contributed by atoms with E-state index in [-0.39, 0.29) is 0 Å². The molecular weight excluding hydrogens is 360 g/mol. The van der Waals surface area contributed by atoms with Crippen molar-refractivity contribution in [2.24, 2.45) is 5.73 Å². The topological polar surface area (TPSA) is 71.6 Å². The summed E-state index contributed by atoms with van der Waals surface area (Å²) in [6.45, 7) is 12.0. The molecule has 1 aromatic carbocycles. The van der Waals surface area contributed by atoms with E-state index in [9.17, 15) is 5.26 Å². The predicted molar refractivity (Wildman–Crippen MR) is 116 cm³/mol. The van der Waals surface area contributed by atoms with E-state index >= 15 is 0 Å². The number of piperazine rings is 1. The molecule has 29 heavy (non-hydrogen) atoms. The Bertz CT molecular complexity index is 905. The van der Waals surface area contributed by atoms with Gasteiger partial charge < -0.3 is 20.9 Å². The van der Waals surface area contributed by atoms with Crippen molar-refractivity contribution in [3.63, 3.8) is 0 Å². The zero-order chi connectivity index (χ0) is 20.6. The third kappa shape index (κ3) is 5.00. The summed E-state index contributed by atoms with van der Waals surface area (Å²) >= 11 is 0. The average Bonchev–Trinajstić information content (AvgIpc) is 2.75. The van der Waals surface area contributed by atoms with Crippen molar-refractivity contribution in [2.45, 2.75) is 13.5 Å². The van der Waals surface area contributed by atoms with Crippen molar-refractivity contribution in [1.29, 1.82) is 5.26 Å². The molecule has 3 N–H and O–H groups in total. The number of benzene rings is 1. The first-order chi connectivity index (χ1) is 14.1. The molecule has 0 bridgehead atoms. The Balaban J connectivity index is 1.82. The van der Waals surface area contributed by atoms with Crippen LogP contribution >= 0.6 is 0 Å². The summed E-state index contributed by atoms with van der Waals surface area (Å²) in [6.07, 6.45) is 3.84. The normalized spacial score (nSPS) is 17.0. The smallest absolute Gasteiger partial charge is 0.0995 e. The summed E-state index contributed by atoms with van der Waals surface area (Å²) in [6, 6.07) is 9.91. The van der Waals surface area contributed by atoms with Crippen LogP contribution < -0.4 is 11.1 Å². The number of hydrogen-bond acceptors (Lipinski definition) is 6. The highest BCUT2D eigenvalue weighted by Crippen LogP contribution is 2.27. The second-order valence-corrected chi connectivity index (χ2v) is 7.10. The van der Waals surface area contributed by atoms with Gasteiger partial charge in [0.15, 0.2) is 0 Å². The van der Waals surface area contributed by atoms with Crippen LogP contribution in [0.25, 0.3) is 0 Å². The third-order valence-corrected chi connectivity index (χ3v) is 5.15. The van der Waals surface area contributed by atoms with Crippen LogP contribution in [0.4, 0.5) is 0 Å². The lowest BCUT2D eigenvalue weighted by Crippen LogP contribution is -2.49. The van der Waals surface area contributed by atoms with Crippen molar-refractivity contribution in [3.05, 3.63) is 71.3 Å². The van der Waals surface area contributed by atoms with Crippen LogP contribution in [0, 0.1) is 23.2 Å². The van der Waals surface area contributed by atoms with Crippen LogP contribution in [-0.2, 0) is 6.54 Å². The Labute approximate surface area is 173 Å². The maximum Gasteiger partial charge on any atom is 0.0995 e. The number of nitrogens with one attached hydrogen (secondary N) is 1. The molecule has 0 aromatic heterocycles. The number of rotatable bonds is 6. The maximum atomic E-state index is 9.40. The average molecular weight is 389 g/mol. The molecule has 0 saturated carbocycles. The molecule has 3 rings (SSSR count). The Morgan fingerprint density at radius 3 is 2.76 bits per heavy atom. The van der Waals surface area contributed by atoms with Gasteiger partial charge in [0.05, 0.1) is 41.9 Å². The molecule has 0 atom stereocenters. The van der Waals surface area contributed by atoms with Crippen LogP contribution in [0.15, 0.2) is 60.2 Å². The zero-order valence-corrected chi connectivity index (χ0v) is 17.0. The van der Waals surface area contributed by atoms with E-state index in [2.05, 4.69) is 39.6 Å². The summed E-state index contributed by atoms with van der Waals surface area (Å²) in [4.78, 5) is 6.65. The van der Waals surface area contributed by atoms with E-state index in [1.165, 1.54) is 0 Å². The highest BCUT2D eigenvalue weighted by Gasteiger charge is 2.24. The number of hydrogen-bond donors (Lipinski definition) is 2. The first kappa shape index (κ1) is 20.5. The van der Waals surface area contributed by atoms with Gasteiger partial charge in [0.1, 0.15) is 0 Å². The van der Waals surface area contributed by atoms with E-state index < -0.39 is 0 Å². The van der Waals surface area contributed by atoms with Gasteiger partial charge in [-0.3, -0.25) is 4.90 Å². The maximum absolute atomic E-state index is 9.40. The first-order valence-electron chi connectivity index (χ1n) is 9.83. The third-order valence-electron chi connectivity index (χ3n) is 5.15. The lowest BCUT2D eigenvalue weighted by Gasteiger charge is -2.38. The molecular formula is C23H28N6. The van der Waals surface area contributed by atoms with Gasteiger partial charge in [-0.15, -0.1) is 5.92 Å². The minimum atomic E-state index is 0.566. The molecule has 0 spiro atoms. The molecule has 0 unspecified atom stereocenters. The number of nitriles is 1. The largest absolute Gasteiger partial charge is 0.397 e. The Morgan fingerprint density at radius 2 is 2.03 bits per heavy atom. The van der Waals surface area contributed by atoms with Crippen LogP contribution in [0.1, 0.15) is 18.1 Å². The lowest BCUT2D eigenvalue weighted by molar-refractivity contribution is 0.152.